The SMILES string of the molecule is COc1ccc(-c2oc(N=Cc3cccs3)c(C#N)c2-c2ccc(OC)cc2)cc1. The van der Waals surface area contributed by atoms with Gasteiger partial charge in [0.1, 0.15) is 28.9 Å². The maximum atomic E-state index is 9.93. The van der Waals surface area contributed by atoms with Gasteiger partial charge in [-0.3, -0.25) is 0 Å². The fourth-order valence-electron chi connectivity index (χ4n) is 3.08. The van der Waals surface area contributed by atoms with Crippen LogP contribution in [0.1, 0.15) is 10.4 Å². The van der Waals surface area contributed by atoms with Crippen molar-refractivity contribution in [3.8, 4) is 40.0 Å². The molecule has 5 nitrogen and oxygen atoms in total. The predicted molar refractivity (Wildman–Crippen MR) is 119 cm³/mol. The second-order valence-corrected chi connectivity index (χ2v) is 7.31. The van der Waals surface area contributed by atoms with Crippen LogP contribution in [0.25, 0.3) is 22.5 Å². The van der Waals surface area contributed by atoms with Crippen LogP contribution in [0.4, 0.5) is 5.88 Å². The summed E-state index contributed by atoms with van der Waals surface area (Å²) in [4.78, 5) is 5.45. The number of thiophene rings is 1. The molecule has 4 rings (SSSR count). The Kier molecular flexibility index (Phi) is 5.64. The van der Waals surface area contributed by atoms with Crippen molar-refractivity contribution < 1.29 is 13.9 Å². The molecule has 148 valence electrons. The number of methoxy groups -OCH3 is 2. The lowest BCUT2D eigenvalue weighted by atomic mass is 9.98. The highest BCUT2D eigenvalue weighted by Gasteiger charge is 2.23. The maximum Gasteiger partial charge on any atom is 0.238 e. The van der Waals surface area contributed by atoms with E-state index in [2.05, 4.69) is 11.1 Å². The molecule has 0 amide bonds. The topological polar surface area (TPSA) is 67.8 Å². The summed E-state index contributed by atoms with van der Waals surface area (Å²) in [6.07, 6.45) is 1.71. The van der Waals surface area contributed by atoms with Gasteiger partial charge in [0, 0.05) is 22.2 Å². The molecule has 0 spiro atoms. The molecular formula is C24H18N2O3S. The Labute approximate surface area is 178 Å². The van der Waals surface area contributed by atoms with E-state index in [9.17, 15) is 5.26 Å². The number of hydrogen-bond donors (Lipinski definition) is 0. The van der Waals surface area contributed by atoms with Gasteiger partial charge in [0.25, 0.3) is 0 Å². The number of benzene rings is 2. The molecule has 0 saturated carbocycles. The van der Waals surface area contributed by atoms with Gasteiger partial charge in [0.2, 0.25) is 5.88 Å². The van der Waals surface area contributed by atoms with E-state index in [0.717, 1.165) is 27.5 Å². The fraction of sp³-hybridized carbons (Fsp3) is 0.0833. The van der Waals surface area contributed by atoms with Crippen molar-refractivity contribution in [2.24, 2.45) is 4.99 Å². The largest absolute Gasteiger partial charge is 0.497 e. The van der Waals surface area contributed by atoms with Crippen LogP contribution in [0.3, 0.4) is 0 Å². The summed E-state index contributed by atoms with van der Waals surface area (Å²) in [6.45, 7) is 0. The van der Waals surface area contributed by atoms with Crippen molar-refractivity contribution in [1.82, 2.24) is 0 Å². The van der Waals surface area contributed by atoms with Gasteiger partial charge in [-0.25, -0.2) is 4.99 Å². The molecule has 0 aliphatic carbocycles. The van der Waals surface area contributed by atoms with Crippen molar-refractivity contribution in [3.63, 3.8) is 0 Å². The zero-order chi connectivity index (χ0) is 20.9. The molecule has 0 atom stereocenters. The third-order valence-electron chi connectivity index (χ3n) is 4.58. The van der Waals surface area contributed by atoms with Crippen LogP contribution < -0.4 is 9.47 Å². The lowest BCUT2D eigenvalue weighted by Crippen LogP contribution is -1.86. The highest BCUT2D eigenvalue weighted by atomic mass is 32.1. The molecule has 0 N–H and O–H groups in total. The molecule has 0 unspecified atom stereocenters. The van der Waals surface area contributed by atoms with Crippen molar-refractivity contribution in [2.75, 3.05) is 14.2 Å². The first-order chi connectivity index (χ1) is 14.7. The molecule has 0 radical (unpaired) electrons. The lowest BCUT2D eigenvalue weighted by Gasteiger charge is -2.06. The summed E-state index contributed by atoms with van der Waals surface area (Å²) in [5, 5.41) is 11.9. The van der Waals surface area contributed by atoms with Crippen molar-refractivity contribution in [3.05, 3.63) is 76.5 Å². The Bertz CT molecular complexity index is 1200. The van der Waals surface area contributed by atoms with Gasteiger partial charge >= 0.3 is 0 Å². The van der Waals surface area contributed by atoms with E-state index in [1.54, 1.807) is 31.8 Å². The third kappa shape index (κ3) is 3.84. The average molecular weight is 414 g/mol. The zero-order valence-electron chi connectivity index (χ0n) is 16.5. The molecule has 0 fully saturated rings. The van der Waals surface area contributed by atoms with Crippen LogP contribution in [0.2, 0.25) is 0 Å². The minimum atomic E-state index is 0.280. The Morgan fingerprint density at radius 2 is 1.57 bits per heavy atom. The standard InChI is InChI=1S/C24H18N2O3S/c1-27-18-9-5-16(6-10-18)22-21(14-25)24(26-15-20-4-3-13-30-20)29-23(22)17-7-11-19(28-2)12-8-17/h3-13,15H,1-2H3. The molecule has 2 aromatic heterocycles. The van der Waals surface area contributed by atoms with E-state index in [-0.39, 0.29) is 5.88 Å². The number of nitriles is 1. The Morgan fingerprint density at radius 1 is 0.933 bits per heavy atom. The highest BCUT2D eigenvalue weighted by Crippen LogP contribution is 2.43. The maximum absolute atomic E-state index is 9.93. The van der Waals surface area contributed by atoms with Gasteiger partial charge in [0.15, 0.2) is 0 Å². The second kappa shape index (κ2) is 8.68. The molecule has 6 heteroatoms. The normalized spacial score (nSPS) is 10.8. The van der Waals surface area contributed by atoms with E-state index < -0.39 is 0 Å². The summed E-state index contributed by atoms with van der Waals surface area (Å²) < 4.78 is 16.6. The quantitative estimate of drug-likeness (QED) is 0.347. The minimum Gasteiger partial charge on any atom is -0.497 e. The van der Waals surface area contributed by atoms with E-state index in [1.807, 2.05) is 66.0 Å². The van der Waals surface area contributed by atoms with Crippen LogP contribution >= 0.6 is 11.3 Å². The van der Waals surface area contributed by atoms with Crippen LogP contribution in [0.5, 0.6) is 11.5 Å². The zero-order valence-corrected chi connectivity index (χ0v) is 17.3. The number of aliphatic imine (C=N–C) groups is 1. The van der Waals surface area contributed by atoms with Gasteiger partial charge in [-0.1, -0.05) is 18.2 Å². The smallest absolute Gasteiger partial charge is 0.238 e. The number of nitrogens with zero attached hydrogens (tertiary/aromatic N) is 2. The number of ether oxygens (including phenoxy) is 2. The summed E-state index contributed by atoms with van der Waals surface area (Å²) >= 11 is 1.57. The van der Waals surface area contributed by atoms with Gasteiger partial charge in [-0.15, -0.1) is 11.3 Å². The minimum absolute atomic E-state index is 0.280. The molecule has 2 aromatic carbocycles. The van der Waals surface area contributed by atoms with E-state index in [0.29, 0.717) is 16.9 Å². The number of rotatable bonds is 6. The first-order valence-electron chi connectivity index (χ1n) is 9.16. The van der Waals surface area contributed by atoms with Crippen LogP contribution in [0.15, 0.2) is 75.5 Å². The number of hydrogen-bond acceptors (Lipinski definition) is 6. The summed E-state index contributed by atoms with van der Waals surface area (Å²) in [7, 11) is 3.24. The average Bonchev–Trinajstić information content (AvgIpc) is 3.45. The van der Waals surface area contributed by atoms with Gasteiger partial charge < -0.3 is 13.9 Å². The Balaban J connectivity index is 1.88. The summed E-state index contributed by atoms with van der Waals surface area (Å²) in [6, 6.07) is 21.2. The van der Waals surface area contributed by atoms with Crippen molar-refractivity contribution in [1.29, 1.82) is 5.26 Å². The Morgan fingerprint density at radius 3 is 2.10 bits per heavy atom. The first-order valence-corrected chi connectivity index (χ1v) is 10.0. The molecule has 0 aliphatic heterocycles. The lowest BCUT2D eigenvalue weighted by molar-refractivity contribution is 0.414. The molecule has 30 heavy (non-hydrogen) atoms. The monoisotopic (exact) mass is 414 g/mol. The molecule has 0 saturated heterocycles. The third-order valence-corrected chi connectivity index (χ3v) is 5.39. The summed E-state index contributed by atoms with van der Waals surface area (Å²) in [5.41, 5.74) is 2.76. The molecule has 0 bridgehead atoms. The summed E-state index contributed by atoms with van der Waals surface area (Å²) in [5.74, 6) is 2.34. The van der Waals surface area contributed by atoms with E-state index in [4.69, 9.17) is 13.9 Å². The second-order valence-electron chi connectivity index (χ2n) is 6.33. The van der Waals surface area contributed by atoms with Gasteiger partial charge in [0.05, 0.1) is 14.2 Å². The van der Waals surface area contributed by atoms with Crippen LogP contribution in [-0.2, 0) is 0 Å². The van der Waals surface area contributed by atoms with Crippen LogP contribution in [0, 0.1) is 11.3 Å². The van der Waals surface area contributed by atoms with Crippen molar-refractivity contribution >= 4 is 23.4 Å². The van der Waals surface area contributed by atoms with Gasteiger partial charge in [-0.2, -0.15) is 5.26 Å². The van der Waals surface area contributed by atoms with E-state index >= 15 is 0 Å². The molecule has 0 aliphatic rings. The van der Waals surface area contributed by atoms with Gasteiger partial charge in [-0.05, 0) is 53.4 Å². The number of furan rings is 1. The molecule has 4 aromatic rings. The van der Waals surface area contributed by atoms with Crippen LogP contribution in [-0.4, -0.2) is 20.4 Å². The predicted octanol–water partition coefficient (Wildman–Crippen LogP) is 6.31. The highest BCUT2D eigenvalue weighted by molar-refractivity contribution is 7.11. The Hall–Kier alpha value is -3.82. The first kappa shape index (κ1) is 19.5. The molecule has 2 heterocycles. The van der Waals surface area contributed by atoms with E-state index in [1.165, 1.54) is 0 Å². The molecular weight excluding hydrogens is 396 g/mol. The van der Waals surface area contributed by atoms with Crippen molar-refractivity contribution in [2.45, 2.75) is 0 Å². The fourth-order valence-corrected chi connectivity index (χ4v) is 3.66.